The van der Waals surface area contributed by atoms with E-state index >= 15 is 0 Å². The molecule has 2 amide bonds. The molecule has 196 valence electrons. The quantitative estimate of drug-likeness (QED) is 0.426. The summed E-state index contributed by atoms with van der Waals surface area (Å²) in [5, 5.41) is 11.8. The van der Waals surface area contributed by atoms with E-state index in [0.717, 1.165) is 12.7 Å². The second-order valence-corrected chi connectivity index (χ2v) is 11.4. The zero-order valence-corrected chi connectivity index (χ0v) is 21.3. The zero-order valence-electron chi connectivity index (χ0n) is 20.5. The van der Waals surface area contributed by atoms with Crippen molar-refractivity contribution in [2.75, 3.05) is 24.1 Å². The molecule has 38 heavy (non-hydrogen) atoms. The lowest BCUT2D eigenvalue weighted by molar-refractivity contribution is -0.147. The molecule has 5 rings (SSSR count). The van der Waals surface area contributed by atoms with Crippen LogP contribution in [-0.2, 0) is 14.8 Å². The van der Waals surface area contributed by atoms with Crippen molar-refractivity contribution in [3.05, 3.63) is 64.5 Å². The van der Waals surface area contributed by atoms with Gasteiger partial charge in [0, 0.05) is 24.3 Å². The fraction of sp³-hybridized carbons (Fsp3) is 0.296. The number of benzene rings is 2. The van der Waals surface area contributed by atoms with E-state index in [2.05, 4.69) is 21.9 Å². The number of fused-ring (bicyclic) bond motifs is 1. The van der Waals surface area contributed by atoms with Crippen molar-refractivity contribution in [2.24, 2.45) is 5.92 Å². The minimum atomic E-state index is -3.40. The number of nitrogens with one attached hydrogen (secondary N) is 2. The normalized spacial score (nSPS) is 16.5. The molecule has 0 atom stereocenters. The summed E-state index contributed by atoms with van der Waals surface area (Å²) in [5.41, 5.74) is 1.17. The lowest BCUT2D eigenvalue weighted by atomic mass is 9.74. The molecular formula is C27H25N3O7S. The highest BCUT2D eigenvalue weighted by molar-refractivity contribution is 7.92. The van der Waals surface area contributed by atoms with Crippen LogP contribution in [-0.4, -0.2) is 55.3 Å². The number of likely N-dealkylation sites (tertiary alicyclic amines) is 1. The van der Waals surface area contributed by atoms with Gasteiger partial charge in [0.2, 0.25) is 15.9 Å². The van der Waals surface area contributed by atoms with Gasteiger partial charge in [-0.2, -0.15) is 0 Å². The average molecular weight is 536 g/mol. The van der Waals surface area contributed by atoms with E-state index in [-0.39, 0.29) is 17.3 Å². The van der Waals surface area contributed by atoms with Gasteiger partial charge in [0.05, 0.1) is 23.1 Å². The maximum atomic E-state index is 13.1. The lowest BCUT2D eigenvalue weighted by Crippen LogP contribution is -2.66. The van der Waals surface area contributed by atoms with Gasteiger partial charge in [-0.25, -0.2) is 13.2 Å². The Kier molecular flexibility index (Phi) is 6.36. The Labute approximate surface area is 218 Å². The highest BCUT2D eigenvalue weighted by Gasteiger charge is 2.49. The minimum Gasteiger partial charge on any atom is -0.465 e. The molecule has 1 aliphatic heterocycles. The first-order valence-electron chi connectivity index (χ1n) is 12.0. The Morgan fingerprint density at radius 1 is 1.13 bits per heavy atom. The number of carbonyl (C=O) groups is 2. The number of amides is 2. The van der Waals surface area contributed by atoms with E-state index in [1.807, 2.05) is 0 Å². The fourth-order valence-electron chi connectivity index (χ4n) is 4.69. The van der Waals surface area contributed by atoms with Crippen molar-refractivity contribution in [3.63, 3.8) is 0 Å². The van der Waals surface area contributed by atoms with Gasteiger partial charge >= 0.3 is 6.09 Å². The van der Waals surface area contributed by atoms with Crippen LogP contribution in [0.3, 0.4) is 0 Å². The molecule has 3 N–H and O–H groups in total. The van der Waals surface area contributed by atoms with Crippen molar-refractivity contribution < 1.29 is 27.5 Å². The van der Waals surface area contributed by atoms with Crippen molar-refractivity contribution in [3.8, 4) is 23.0 Å². The monoisotopic (exact) mass is 535 g/mol. The molecule has 1 saturated carbocycles. The van der Waals surface area contributed by atoms with Crippen LogP contribution in [0.5, 0.6) is 0 Å². The lowest BCUT2D eigenvalue weighted by Gasteiger charge is -2.47. The van der Waals surface area contributed by atoms with Crippen LogP contribution in [0.2, 0.25) is 0 Å². The summed E-state index contributed by atoms with van der Waals surface area (Å²) < 4.78 is 30.9. The predicted octanol–water partition coefficient (Wildman–Crippen LogP) is 2.83. The highest BCUT2D eigenvalue weighted by Crippen LogP contribution is 2.35. The van der Waals surface area contributed by atoms with Crippen molar-refractivity contribution in [1.82, 2.24) is 10.2 Å². The zero-order chi connectivity index (χ0) is 27.1. The standard InChI is InChI=1S/C27H25N3O7S/c1-38(35,36)29-20-8-6-19(7-9-20)22-16-37-23-13-17(5-10-21(23)24(22)31)3-4-18-14-30(15-18)25(32)27(11-2-12-27)28-26(33)34/h5-10,13,16,18,28-29H,2,11-12,14-15H2,1H3,(H,33,34). The maximum absolute atomic E-state index is 13.1. The first kappa shape index (κ1) is 25.4. The summed E-state index contributed by atoms with van der Waals surface area (Å²) in [4.78, 5) is 38.5. The molecule has 0 bridgehead atoms. The second kappa shape index (κ2) is 9.54. The Morgan fingerprint density at radius 3 is 2.45 bits per heavy atom. The molecule has 0 radical (unpaired) electrons. The summed E-state index contributed by atoms with van der Waals surface area (Å²) in [6, 6.07) is 11.5. The minimum absolute atomic E-state index is 0.0221. The fourth-order valence-corrected chi connectivity index (χ4v) is 5.25. The Balaban J connectivity index is 1.27. The number of nitrogens with zero attached hydrogens (tertiary/aromatic N) is 1. The first-order chi connectivity index (χ1) is 18.0. The maximum Gasteiger partial charge on any atom is 0.405 e. The molecule has 0 unspecified atom stereocenters. The summed E-state index contributed by atoms with van der Waals surface area (Å²) >= 11 is 0. The van der Waals surface area contributed by atoms with E-state index in [1.54, 1.807) is 47.4 Å². The Morgan fingerprint density at radius 2 is 1.84 bits per heavy atom. The first-order valence-corrected chi connectivity index (χ1v) is 13.9. The number of rotatable bonds is 5. The molecule has 1 aliphatic carbocycles. The molecule has 2 fully saturated rings. The van der Waals surface area contributed by atoms with Crippen LogP contribution in [0.1, 0.15) is 24.8 Å². The Hall–Kier alpha value is -4.30. The third-order valence-corrected chi connectivity index (χ3v) is 7.43. The van der Waals surface area contributed by atoms with Crippen molar-refractivity contribution in [2.45, 2.75) is 24.8 Å². The summed E-state index contributed by atoms with van der Waals surface area (Å²) in [6.45, 7) is 0.888. The van der Waals surface area contributed by atoms with Crippen LogP contribution in [0.15, 0.2) is 57.9 Å². The van der Waals surface area contributed by atoms with E-state index in [0.29, 0.717) is 59.3 Å². The molecular weight excluding hydrogens is 510 g/mol. The molecule has 11 heteroatoms. The second-order valence-electron chi connectivity index (χ2n) is 9.68. The largest absolute Gasteiger partial charge is 0.465 e. The van der Waals surface area contributed by atoms with E-state index in [1.165, 1.54) is 6.26 Å². The van der Waals surface area contributed by atoms with E-state index < -0.39 is 21.7 Å². The number of anilines is 1. The van der Waals surface area contributed by atoms with Gasteiger partial charge in [-0.05, 0) is 55.2 Å². The van der Waals surface area contributed by atoms with Crippen LogP contribution in [0, 0.1) is 17.8 Å². The van der Waals surface area contributed by atoms with Crippen LogP contribution >= 0.6 is 0 Å². The van der Waals surface area contributed by atoms with Crippen molar-refractivity contribution >= 4 is 38.7 Å². The number of carbonyl (C=O) groups excluding carboxylic acids is 1. The molecule has 3 aromatic rings. The number of hydrogen-bond acceptors (Lipinski definition) is 6. The van der Waals surface area contributed by atoms with Gasteiger partial charge in [-0.15, -0.1) is 0 Å². The van der Waals surface area contributed by atoms with E-state index in [9.17, 15) is 22.8 Å². The topological polar surface area (TPSA) is 146 Å². The van der Waals surface area contributed by atoms with Gasteiger partial charge in [0.15, 0.2) is 5.43 Å². The van der Waals surface area contributed by atoms with Crippen LogP contribution < -0.4 is 15.5 Å². The summed E-state index contributed by atoms with van der Waals surface area (Å²) in [5.74, 6) is 6.00. The third kappa shape index (κ3) is 5.08. The van der Waals surface area contributed by atoms with Gasteiger partial charge in [0.25, 0.3) is 0 Å². The van der Waals surface area contributed by atoms with Gasteiger partial charge in [-0.3, -0.25) is 14.3 Å². The molecule has 2 heterocycles. The van der Waals surface area contributed by atoms with Gasteiger partial charge in [-0.1, -0.05) is 24.0 Å². The van der Waals surface area contributed by atoms with E-state index in [4.69, 9.17) is 9.52 Å². The molecule has 2 aromatic carbocycles. The Bertz CT molecular complexity index is 1660. The number of carboxylic acid groups (broad SMARTS) is 1. The van der Waals surface area contributed by atoms with Gasteiger partial charge < -0.3 is 19.7 Å². The number of hydrogen-bond donors (Lipinski definition) is 3. The molecule has 10 nitrogen and oxygen atoms in total. The number of sulfonamides is 1. The highest BCUT2D eigenvalue weighted by atomic mass is 32.2. The molecule has 2 aliphatic rings. The average Bonchev–Trinajstić information content (AvgIpc) is 2.80. The molecule has 1 aromatic heterocycles. The summed E-state index contributed by atoms with van der Waals surface area (Å²) in [6.07, 6.45) is 3.09. The van der Waals surface area contributed by atoms with Crippen LogP contribution in [0.4, 0.5) is 10.5 Å². The SMILES string of the molecule is CS(=O)(=O)Nc1ccc(-c2coc3cc(C#CC4CN(C(=O)C5(NC(=O)O)CCC5)C4)ccc3c2=O)cc1. The predicted molar refractivity (Wildman–Crippen MR) is 141 cm³/mol. The van der Waals surface area contributed by atoms with Gasteiger partial charge in [0.1, 0.15) is 17.4 Å². The summed E-state index contributed by atoms with van der Waals surface area (Å²) in [7, 11) is -3.40. The molecule has 1 saturated heterocycles. The smallest absolute Gasteiger partial charge is 0.405 e. The molecule has 0 spiro atoms. The van der Waals surface area contributed by atoms with Crippen LogP contribution in [0.25, 0.3) is 22.1 Å². The third-order valence-electron chi connectivity index (χ3n) is 6.83. The van der Waals surface area contributed by atoms with Crippen molar-refractivity contribution in [1.29, 1.82) is 0 Å².